The quantitative estimate of drug-likeness (QED) is 0.389. The molecule has 1 aliphatic heterocycles. The number of nitrogens with one attached hydrogen (secondary N) is 1. The van der Waals surface area contributed by atoms with Gasteiger partial charge in [-0.15, -0.1) is 0 Å². The summed E-state index contributed by atoms with van der Waals surface area (Å²) in [5.74, 6) is -0.0649. The zero-order chi connectivity index (χ0) is 21.8. The Morgan fingerprint density at radius 1 is 1.21 bits per heavy atom. The molecule has 1 aliphatic rings. The molecule has 1 fully saturated rings. The molecule has 0 saturated carbocycles. The van der Waals surface area contributed by atoms with E-state index < -0.39 is 29.5 Å². The van der Waals surface area contributed by atoms with Gasteiger partial charge in [0, 0.05) is 0 Å². The Hall–Kier alpha value is -2.83. The number of carbonyl (C=O) groups is 3. The van der Waals surface area contributed by atoms with Gasteiger partial charge < -0.3 is 14.8 Å². The van der Waals surface area contributed by atoms with E-state index in [-0.39, 0.29) is 6.61 Å². The van der Waals surface area contributed by atoms with Crippen LogP contribution in [0, 0.1) is 5.92 Å². The normalized spacial score (nSPS) is 19.9. The van der Waals surface area contributed by atoms with Crippen molar-refractivity contribution in [3.05, 3.63) is 42.0 Å². The molecule has 0 spiro atoms. The van der Waals surface area contributed by atoms with Crippen molar-refractivity contribution < 1.29 is 23.9 Å². The number of hydrogen-bond acceptors (Lipinski definition) is 5. The van der Waals surface area contributed by atoms with Gasteiger partial charge in [0.25, 0.3) is 5.91 Å². The lowest BCUT2D eigenvalue weighted by atomic mass is 9.92. The standard InChI is InChI=1S/C22H30N2O5/c1-14(2)11-12-28-19(25)16(5)24-20(26)22(6,23-21(24)27)17-7-9-18(10-8-17)29-13-15(3)4/h7-10,14,16H,3,11-13H2,1-2,4-6H3,(H,23,27). The third-order valence-corrected chi connectivity index (χ3v) is 4.81. The Morgan fingerprint density at radius 3 is 2.38 bits per heavy atom. The van der Waals surface area contributed by atoms with Gasteiger partial charge in [-0.25, -0.2) is 14.5 Å². The summed E-state index contributed by atoms with van der Waals surface area (Å²) in [5, 5.41) is 2.70. The minimum atomic E-state index is -1.27. The molecule has 1 saturated heterocycles. The monoisotopic (exact) mass is 402 g/mol. The fourth-order valence-electron chi connectivity index (χ4n) is 2.92. The van der Waals surface area contributed by atoms with E-state index in [1.54, 1.807) is 31.2 Å². The van der Waals surface area contributed by atoms with Gasteiger partial charge in [-0.2, -0.15) is 0 Å². The number of hydrogen-bond donors (Lipinski definition) is 1. The Labute approximate surface area is 172 Å². The molecule has 1 aromatic carbocycles. The molecular weight excluding hydrogens is 372 g/mol. The van der Waals surface area contributed by atoms with Crippen LogP contribution in [-0.2, 0) is 19.9 Å². The zero-order valence-electron chi connectivity index (χ0n) is 17.8. The van der Waals surface area contributed by atoms with Crippen molar-refractivity contribution >= 4 is 17.9 Å². The molecule has 0 bridgehead atoms. The van der Waals surface area contributed by atoms with Crippen molar-refractivity contribution in [2.45, 2.75) is 52.6 Å². The van der Waals surface area contributed by atoms with Crippen LogP contribution in [-0.4, -0.2) is 42.1 Å². The summed E-state index contributed by atoms with van der Waals surface area (Å²) in [4.78, 5) is 38.8. The predicted octanol–water partition coefficient (Wildman–Crippen LogP) is 3.39. The highest BCUT2D eigenvalue weighted by atomic mass is 16.5. The van der Waals surface area contributed by atoms with Gasteiger partial charge in [0.1, 0.15) is 23.9 Å². The van der Waals surface area contributed by atoms with E-state index in [1.165, 1.54) is 6.92 Å². The van der Waals surface area contributed by atoms with Crippen molar-refractivity contribution in [3.63, 3.8) is 0 Å². The lowest BCUT2D eigenvalue weighted by molar-refractivity contribution is -0.152. The third kappa shape index (κ3) is 5.16. The maximum absolute atomic E-state index is 13.1. The second-order valence-corrected chi connectivity index (χ2v) is 8.03. The molecule has 2 unspecified atom stereocenters. The smallest absolute Gasteiger partial charge is 0.329 e. The molecule has 2 rings (SSSR count). The van der Waals surface area contributed by atoms with Gasteiger partial charge >= 0.3 is 12.0 Å². The number of benzene rings is 1. The number of urea groups is 1. The minimum Gasteiger partial charge on any atom is -0.489 e. The van der Waals surface area contributed by atoms with Crippen molar-refractivity contribution in [2.24, 2.45) is 5.92 Å². The summed E-state index contributed by atoms with van der Waals surface area (Å²) in [7, 11) is 0. The fraction of sp³-hybridized carbons (Fsp3) is 0.500. The summed E-state index contributed by atoms with van der Waals surface area (Å²) < 4.78 is 10.8. The van der Waals surface area contributed by atoms with Crippen molar-refractivity contribution in [1.29, 1.82) is 0 Å². The van der Waals surface area contributed by atoms with Crippen LogP contribution < -0.4 is 10.1 Å². The summed E-state index contributed by atoms with van der Waals surface area (Å²) in [6.45, 7) is 13.5. The molecule has 1 N–H and O–H groups in total. The summed E-state index contributed by atoms with van der Waals surface area (Å²) in [6, 6.07) is 5.29. The maximum Gasteiger partial charge on any atom is 0.329 e. The first kappa shape index (κ1) is 22.5. The van der Waals surface area contributed by atoms with Gasteiger partial charge in [0.05, 0.1) is 6.61 Å². The van der Waals surface area contributed by atoms with Gasteiger partial charge in [-0.1, -0.05) is 32.6 Å². The summed E-state index contributed by atoms with van der Waals surface area (Å²) in [5.41, 5.74) is 0.224. The van der Waals surface area contributed by atoms with Crippen LogP contribution in [0.4, 0.5) is 4.79 Å². The number of rotatable bonds is 9. The first-order chi connectivity index (χ1) is 13.6. The molecular formula is C22H30N2O5. The van der Waals surface area contributed by atoms with E-state index >= 15 is 0 Å². The molecule has 7 nitrogen and oxygen atoms in total. The molecule has 1 aromatic rings. The zero-order valence-corrected chi connectivity index (χ0v) is 17.8. The highest BCUT2D eigenvalue weighted by Gasteiger charge is 2.52. The number of amides is 3. The van der Waals surface area contributed by atoms with E-state index in [1.807, 2.05) is 20.8 Å². The molecule has 0 aliphatic carbocycles. The minimum absolute atomic E-state index is 0.257. The fourth-order valence-corrected chi connectivity index (χ4v) is 2.92. The lowest BCUT2D eigenvalue weighted by Crippen LogP contribution is -2.46. The van der Waals surface area contributed by atoms with E-state index in [0.29, 0.717) is 23.8 Å². The molecule has 158 valence electrons. The molecule has 7 heteroatoms. The van der Waals surface area contributed by atoms with Crippen LogP contribution in [0.5, 0.6) is 5.75 Å². The van der Waals surface area contributed by atoms with E-state index in [4.69, 9.17) is 9.47 Å². The predicted molar refractivity (Wildman–Crippen MR) is 109 cm³/mol. The number of ether oxygens (including phenoxy) is 2. The van der Waals surface area contributed by atoms with Gasteiger partial charge in [0.15, 0.2) is 0 Å². The highest BCUT2D eigenvalue weighted by molar-refractivity contribution is 6.09. The topological polar surface area (TPSA) is 84.9 Å². The van der Waals surface area contributed by atoms with Crippen LogP contribution in [0.1, 0.15) is 46.6 Å². The second-order valence-electron chi connectivity index (χ2n) is 8.03. The average Bonchev–Trinajstić information content (AvgIpc) is 2.89. The van der Waals surface area contributed by atoms with Gasteiger partial charge in [-0.05, 0) is 56.4 Å². The maximum atomic E-state index is 13.1. The molecule has 0 aromatic heterocycles. The second kappa shape index (κ2) is 9.11. The van der Waals surface area contributed by atoms with E-state index in [9.17, 15) is 14.4 Å². The molecule has 0 radical (unpaired) electrons. The molecule has 2 atom stereocenters. The number of esters is 1. The first-order valence-corrected chi connectivity index (χ1v) is 9.76. The average molecular weight is 402 g/mol. The van der Waals surface area contributed by atoms with E-state index in [0.717, 1.165) is 16.9 Å². The molecule has 29 heavy (non-hydrogen) atoms. The van der Waals surface area contributed by atoms with Crippen molar-refractivity contribution in [3.8, 4) is 5.75 Å². The van der Waals surface area contributed by atoms with Gasteiger partial charge in [0.2, 0.25) is 0 Å². The number of nitrogens with zero attached hydrogens (tertiary/aromatic N) is 1. The third-order valence-electron chi connectivity index (χ3n) is 4.81. The lowest BCUT2D eigenvalue weighted by Gasteiger charge is -2.24. The van der Waals surface area contributed by atoms with Crippen LogP contribution >= 0.6 is 0 Å². The Morgan fingerprint density at radius 2 is 1.83 bits per heavy atom. The number of imide groups is 1. The van der Waals surface area contributed by atoms with Crippen LogP contribution in [0.3, 0.4) is 0 Å². The van der Waals surface area contributed by atoms with Crippen LogP contribution in [0.25, 0.3) is 0 Å². The number of carbonyl (C=O) groups excluding carboxylic acids is 3. The van der Waals surface area contributed by atoms with Gasteiger partial charge in [-0.3, -0.25) is 4.79 Å². The Kier molecular flexibility index (Phi) is 7.06. The Bertz CT molecular complexity index is 787. The Balaban J connectivity index is 2.11. The SMILES string of the molecule is C=C(C)COc1ccc(C2(C)NC(=O)N(C(C)C(=O)OCCC(C)C)C2=O)cc1. The molecule has 1 heterocycles. The first-order valence-electron chi connectivity index (χ1n) is 9.76. The summed E-state index contributed by atoms with van der Waals surface area (Å²) >= 11 is 0. The summed E-state index contributed by atoms with van der Waals surface area (Å²) in [6.07, 6.45) is 0.718. The van der Waals surface area contributed by atoms with Crippen LogP contribution in [0.15, 0.2) is 36.4 Å². The molecule has 3 amide bonds. The van der Waals surface area contributed by atoms with Crippen LogP contribution in [0.2, 0.25) is 0 Å². The van der Waals surface area contributed by atoms with Crippen molar-refractivity contribution in [2.75, 3.05) is 13.2 Å². The largest absolute Gasteiger partial charge is 0.489 e. The van der Waals surface area contributed by atoms with Crippen molar-refractivity contribution in [1.82, 2.24) is 10.2 Å². The van der Waals surface area contributed by atoms with E-state index in [2.05, 4.69) is 11.9 Å². The highest BCUT2D eigenvalue weighted by Crippen LogP contribution is 2.31.